The summed E-state index contributed by atoms with van der Waals surface area (Å²) in [5, 5.41) is 4.86. The Morgan fingerprint density at radius 3 is 2.27 bits per heavy atom. The minimum Gasteiger partial charge on any atom is -0.294 e. The summed E-state index contributed by atoms with van der Waals surface area (Å²) in [5.41, 5.74) is 5.80. The number of nitrogens with zero attached hydrogens (tertiary/aromatic N) is 1. The molecule has 5 rings (SSSR count). The Hall–Kier alpha value is -2.67. The van der Waals surface area contributed by atoms with Crippen molar-refractivity contribution in [2.45, 2.75) is 85.0 Å². The van der Waals surface area contributed by atoms with Crippen molar-refractivity contribution in [2.24, 2.45) is 11.8 Å². The second kappa shape index (κ2) is 16.1. The topological polar surface area (TPSA) is 12.9 Å². The molecule has 4 aromatic rings. The van der Waals surface area contributed by atoms with E-state index in [1.54, 1.807) is 0 Å². The van der Waals surface area contributed by atoms with Crippen molar-refractivity contribution in [3.05, 3.63) is 109 Å². The van der Waals surface area contributed by atoms with E-state index in [-0.39, 0.29) is 20.1 Å². The summed E-state index contributed by atoms with van der Waals surface area (Å²) in [5.74, 6) is 1.86. The summed E-state index contributed by atoms with van der Waals surface area (Å²) in [6.45, 7) is 19.0. The van der Waals surface area contributed by atoms with Gasteiger partial charge >= 0.3 is 20.1 Å². The molecule has 1 nitrogen and oxygen atoms in total. The van der Waals surface area contributed by atoms with Gasteiger partial charge in [0, 0.05) is 11.9 Å². The van der Waals surface area contributed by atoms with Crippen LogP contribution < -0.4 is 0 Å². The molecule has 0 atom stereocenters. The summed E-state index contributed by atoms with van der Waals surface area (Å²) >= 11 is 0. The second-order valence-corrected chi connectivity index (χ2v) is 11.3. The van der Waals surface area contributed by atoms with Crippen molar-refractivity contribution < 1.29 is 20.1 Å². The Bertz CT molecular complexity index is 1430. The molecule has 216 valence electrons. The third kappa shape index (κ3) is 8.21. The molecule has 2 heteroatoms. The predicted octanol–water partition coefficient (Wildman–Crippen LogP) is 11.5. The monoisotopic (exact) mass is 721 g/mol. The molecule has 1 fully saturated rings. The van der Waals surface area contributed by atoms with Crippen LogP contribution in [-0.2, 0) is 20.1 Å². The van der Waals surface area contributed by atoms with Gasteiger partial charge in [0.2, 0.25) is 0 Å². The van der Waals surface area contributed by atoms with Gasteiger partial charge in [-0.25, -0.2) is 24.1 Å². The number of aromatic nitrogens is 1. The average molecular weight is 721 g/mol. The fourth-order valence-electron chi connectivity index (χ4n) is 6.20. The number of benzene rings is 3. The Morgan fingerprint density at radius 1 is 0.902 bits per heavy atom. The Kier molecular flexibility index (Phi) is 12.9. The maximum Gasteiger partial charge on any atom is 3.00 e. The van der Waals surface area contributed by atoms with E-state index in [2.05, 4.69) is 112 Å². The van der Waals surface area contributed by atoms with Crippen molar-refractivity contribution in [1.29, 1.82) is 0 Å². The van der Waals surface area contributed by atoms with Crippen LogP contribution in [0.2, 0.25) is 0 Å². The van der Waals surface area contributed by atoms with Crippen LogP contribution in [0.25, 0.3) is 32.8 Å². The van der Waals surface area contributed by atoms with Crippen LogP contribution in [0.3, 0.4) is 0 Å². The van der Waals surface area contributed by atoms with Gasteiger partial charge in [-0.1, -0.05) is 119 Å². The van der Waals surface area contributed by atoms with Gasteiger partial charge in [0.15, 0.2) is 0 Å². The number of hydrogen-bond donors (Lipinski definition) is 0. The van der Waals surface area contributed by atoms with E-state index >= 15 is 0 Å². The molecule has 0 saturated heterocycles. The van der Waals surface area contributed by atoms with E-state index in [9.17, 15) is 0 Å². The Balaban J connectivity index is 0.000000253. The number of rotatable bonds is 9. The first-order chi connectivity index (χ1) is 19.5. The normalized spacial score (nSPS) is 13.9. The summed E-state index contributed by atoms with van der Waals surface area (Å²) in [4.78, 5) is 4.68. The minimum absolute atomic E-state index is 0. The summed E-state index contributed by atoms with van der Waals surface area (Å²) in [6.07, 6.45) is 14.0. The van der Waals surface area contributed by atoms with Gasteiger partial charge in [0.25, 0.3) is 0 Å². The third-order valence-electron chi connectivity index (χ3n) is 8.85. The molecule has 0 aliphatic heterocycles. The smallest absolute Gasteiger partial charge is 0.294 e. The van der Waals surface area contributed by atoms with E-state index in [4.69, 9.17) is 6.58 Å². The molecule has 0 unspecified atom stereocenters. The van der Waals surface area contributed by atoms with Crippen molar-refractivity contribution in [3.8, 4) is 11.3 Å². The first-order valence-corrected chi connectivity index (χ1v) is 15.4. The number of fused-ring (bicyclic) bond motifs is 2. The summed E-state index contributed by atoms with van der Waals surface area (Å²) in [6, 6.07) is 25.3. The number of pyridine rings is 1. The standard InChI is InChI=1S/C24H20N.C15H26.Ir/c1-2-6-17(5-1)20-11-12-23-21(15-20)13-14-25-24(23)22-10-9-18-7-3-4-8-19(18)16-22;1-7-14(8-2)12(5)11-13(6)15(9-3)10-4;/h3-4,7-15,17H,1-2,5-6H2;5,11,14-15H,6-10H2,1-4H3;/q-1;-2;+3/b;13-11+;. The minimum atomic E-state index is 0. The maximum absolute atomic E-state index is 6.09. The van der Waals surface area contributed by atoms with Crippen LogP contribution in [0.4, 0.5) is 0 Å². The summed E-state index contributed by atoms with van der Waals surface area (Å²) < 4.78 is 0. The SMILES string of the molecule is [CH-]=C(/C=C(\[CH2-])C(CC)CC)C(CC)CC.[Ir+3].[c-]1c(-c2nccc3cc(C4CCCC4)ccc23)ccc2ccccc12. The summed E-state index contributed by atoms with van der Waals surface area (Å²) in [7, 11) is 0. The molecule has 0 N–H and O–H groups in total. The average Bonchev–Trinajstić information content (AvgIpc) is 3.53. The second-order valence-electron chi connectivity index (χ2n) is 11.3. The van der Waals surface area contributed by atoms with Crippen molar-refractivity contribution >= 4 is 21.5 Å². The fourth-order valence-corrected chi connectivity index (χ4v) is 6.20. The van der Waals surface area contributed by atoms with Crippen LogP contribution in [0.15, 0.2) is 84.1 Å². The number of allylic oxidation sites excluding steroid dienone is 3. The van der Waals surface area contributed by atoms with E-state index < -0.39 is 0 Å². The number of hydrogen-bond acceptors (Lipinski definition) is 1. The van der Waals surface area contributed by atoms with E-state index in [0.29, 0.717) is 11.8 Å². The van der Waals surface area contributed by atoms with Crippen molar-refractivity contribution in [3.63, 3.8) is 0 Å². The predicted molar refractivity (Wildman–Crippen MR) is 174 cm³/mol. The zero-order valence-electron chi connectivity index (χ0n) is 25.4. The molecule has 0 bridgehead atoms. The molecule has 1 saturated carbocycles. The van der Waals surface area contributed by atoms with Crippen LogP contribution >= 0.6 is 0 Å². The zero-order valence-corrected chi connectivity index (χ0v) is 27.8. The third-order valence-corrected chi connectivity index (χ3v) is 8.85. The van der Waals surface area contributed by atoms with Gasteiger partial charge in [-0.3, -0.25) is 11.6 Å². The maximum atomic E-state index is 6.09. The first-order valence-electron chi connectivity index (χ1n) is 15.4. The first kappa shape index (κ1) is 32.8. The quantitative estimate of drug-likeness (QED) is 0.124. The van der Waals surface area contributed by atoms with Gasteiger partial charge in [-0.2, -0.15) is 0 Å². The molecule has 1 heterocycles. The van der Waals surface area contributed by atoms with Crippen LogP contribution in [-0.4, -0.2) is 4.98 Å². The largest absolute Gasteiger partial charge is 3.00 e. The van der Waals surface area contributed by atoms with Crippen LogP contribution in [0, 0.1) is 31.4 Å². The molecule has 3 aromatic carbocycles. The van der Waals surface area contributed by atoms with E-state index in [1.165, 1.54) is 53.0 Å². The van der Waals surface area contributed by atoms with Gasteiger partial charge in [-0.15, -0.1) is 29.7 Å². The molecule has 0 spiro atoms. The van der Waals surface area contributed by atoms with Gasteiger partial charge in [0.1, 0.15) is 0 Å². The van der Waals surface area contributed by atoms with E-state index in [1.807, 2.05) is 6.20 Å². The van der Waals surface area contributed by atoms with Gasteiger partial charge < -0.3 is 0 Å². The van der Waals surface area contributed by atoms with Crippen LogP contribution in [0.5, 0.6) is 0 Å². The molecule has 1 aliphatic carbocycles. The zero-order chi connectivity index (χ0) is 28.5. The van der Waals surface area contributed by atoms with Crippen molar-refractivity contribution in [2.75, 3.05) is 0 Å². The molecular weight excluding hydrogens is 675 g/mol. The van der Waals surface area contributed by atoms with Gasteiger partial charge in [-0.05, 0) is 47.1 Å². The van der Waals surface area contributed by atoms with Crippen LogP contribution in [0.1, 0.15) is 90.5 Å². The molecule has 0 radical (unpaired) electrons. The van der Waals surface area contributed by atoms with E-state index in [0.717, 1.165) is 53.8 Å². The molecule has 1 aliphatic rings. The van der Waals surface area contributed by atoms with Crippen molar-refractivity contribution in [1.82, 2.24) is 4.98 Å². The molecule has 0 amide bonds. The molecule has 41 heavy (non-hydrogen) atoms. The Labute approximate surface area is 262 Å². The Morgan fingerprint density at radius 2 is 1.59 bits per heavy atom. The fraction of sp³-hybridized carbons (Fsp3) is 0.385. The van der Waals surface area contributed by atoms with Gasteiger partial charge in [0.05, 0.1) is 0 Å². The molecular formula is C39H46IrN. The molecule has 1 aromatic heterocycles.